The molecule has 1 saturated heterocycles. The fourth-order valence-corrected chi connectivity index (χ4v) is 4.84. The average Bonchev–Trinajstić information content (AvgIpc) is 2.31. The highest BCUT2D eigenvalue weighted by Crippen LogP contribution is 2.56. The van der Waals surface area contributed by atoms with Crippen LogP contribution in [0.25, 0.3) is 0 Å². The summed E-state index contributed by atoms with van der Waals surface area (Å²) in [5, 5.41) is 0. The molecular weight excluding hydrogens is 160 g/mol. The van der Waals surface area contributed by atoms with Gasteiger partial charge in [-0.2, -0.15) is 0 Å². The predicted molar refractivity (Wildman–Crippen MR) is 44.0 cm³/mol. The van der Waals surface area contributed by atoms with Gasteiger partial charge in [0.1, 0.15) is 0 Å². The molecule has 1 aliphatic carbocycles. The second kappa shape index (κ2) is 2.00. The van der Waals surface area contributed by atoms with Crippen LogP contribution in [0.1, 0.15) is 13.8 Å². The van der Waals surface area contributed by atoms with Crippen molar-refractivity contribution in [2.75, 3.05) is 11.5 Å². The predicted octanol–water partition coefficient (Wildman–Crippen LogP) is 0.933. The zero-order chi connectivity index (χ0) is 8.22. The van der Waals surface area contributed by atoms with Crippen molar-refractivity contribution in [3.8, 4) is 0 Å². The summed E-state index contributed by atoms with van der Waals surface area (Å²) >= 11 is 0. The van der Waals surface area contributed by atoms with E-state index in [-0.39, 0.29) is 0 Å². The molecule has 3 heteroatoms. The molecule has 0 aromatic rings. The second-order valence-electron chi connectivity index (χ2n) is 4.23. The first kappa shape index (κ1) is 7.59. The summed E-state index contributed by atoms with van der Waals surface area (Å²) in [5.41, 5.74) is 0. The molecule has 64 valence electrons. The van der Waals surface area contributed by atoms with Gasteiger partial charge >= 0.3 is 0 Å². The molecule has 1 saturated carbocycles. The van der Waals surface area contributed by atoms with Crippen LogP contribution >= 0.6 is 0 Å². The van der Waals surface area contributed by atoms with Crippen LogP contribution in [0.5, 0.6) is 0 Å². The van der Waals surface area contributed by atoms with Crippen LogP contribution in [0.3, 0.4) is 0 Å². The van der Waals surface area contributed by atoms with Gasteiger partial charge in [-0.1, -0.05) is 13.8 Å². The number of sulfone groups is 1. The molecule has 2 nitrogen and oxygen atoms in total. The van der Waals surface area contributed by atoms with Crippen LogP contribution in [-0.2, 0) is 9.84 Å². The highest BCUT2D eigenvalue weighted by molar-refractivity contribution is 7.91. The van der Waals surface area contributed by atoms with Gasteiger partial charge in [0, 0.05) is 0 Å². The molecule has 2 atom stereocenters. The topological polar surface area (TPSA) is 34.1 Å². The Labute approximate surface area is 67.9 Å². The van der Waals surface area contributed by atoms with E-state index < -0.39 is 9.84 Å². The molecule has 0 N–H and O–H groups in total. The SMILES string of the molecule is CC(C)C1C2CS(=O)(=O)CC21. The zero-order valence-electron chi connectivity index (χ0n) is 6.95. The van der Waals surface area contributed by atoms with E-state index in [4.69, 9.17) is 0 Å². The molecule has 0 radical (unpaired) electrons. The molecule has 2 fully saturated rings. The van der Waals surface area contributed by atoms with Crippen molar-refractivity contribution in [3.05, 3.63) is 0 Å². The van der Waals surface area contributed by atoms with E-state index in [1.54, 1.807) is 0 Å². The van der Waals surface area contributed by atoms with E-state index in [0.717, 1.165) is 5.92 Å². The molecule has 2 aliphatic rings. The molecule has 1 aliphatic heterocycles. The Kier molecular flexibility index (Phi) is 1.38. The summed E-state index contributed by atoms with van der Waals surface area (Å²) in [7, 11) is -2.61. The molecular formula is C8H14O2S. The molecule has 1 heterocycles. The lowest BCUT2D eigenvalue weighted by Gasteiger charge is -2.06. The zero-order valence-corrected chi connectivity index (χ0v) is 7.76. The van der Waals surface area contributed by atoms with Gasteiger partial charge in [-0.3, -0.25) is 0 Å². The minimum absolute atomic E-state index is 0.473. The van der Waals surface area contributed by atoms with Crippen molar-refractivity contribution in [1.29, 1.82) is 0 Å². The molecule has 0 bridgehead atoms. The molecule has 2 unspecified atom stereocenters. The number of fused-ring (bicyclic) bond motifs is 1. The highest BCUT2D eigenvalue weighted by atomic mass is 32.2. The van der Waals surface area contributed by atoms with Gasteiger partial charge in [-0.05, 0) is 23.7 Å². The van der Waals surface area contributed by atoms with Gasteiger partial charge in [-0.15, -0.1) is 0 Å². The van der Waals surface area contributed by atoms with E-state index in [9.17, 15) is 8.42 Å². The Balaban J connectivity index is 2.06. The summed E-state index contributed by atoms with van der Waals surface area (Å²) in [5.74, 6) is 3.40. The number of hydrogen-bond donors (Lipinski definition) is 0. The van der Waals surface area contributed by atoms with Crippen LogP contribution in [0.15, 0.2) is 0 Å². The largest absolute Gasteiger partial charge is 0.229 e. The maximum atomic E-state index is 11.0. The van der Waals surface area contributed by atoms with Crippen molar-refractivity contribution in [2.45, 2.75) is 13.8 Å². The highest BCUT2D eigenvalue weighted by Gasteiger charge is 2.59. The van der Waals surface area contributed by atoms with E-state index in [1.807, 2.05) is 0 Å². The van der Waals surface area contributed by atoms with Gasteiger partial charge in [0.15, 0.2) is 9.84 Å². The van der Waals surface area contributed by atoms with Gasteiger partial charge in [0.05, 0.1) is 11.5 Å². The Morgan fingerprint density at radius 2 is 1.64 bits per heavy atom. The molecule has 0 spiro atoms. The lowest BCUT2D eigenvalue weighted by molar-refractivity contribution is 0.502. The lowest BCUT2D eigenvalue weighted by Crippen LogP contribution is -2.12. The summed E-state index contributed by atoms with van der Waals surface area (Å²) in [6, 6.07) is 0. The van der Waals surface area contributed by atoms with Gasteiger partial charge in [0.25, 0.3) is 0 Å². The van der Waals surface area contributed by atoms with Gasteiger partial charge < -0.3 is 0 Å². The second-order valence-corrected chi connectivity index (χ2v) is 6.38. The van der Waals surface area contributed by atoms with Crippen LogP contribution in [-0.4, -0.2) is 19.9 Å². The minimum atomic E-state index is -2.61. The van der Waals surface area contributed by atoms with Crippen molar-refractivity contribution in [1.82, 2.24) is 0 Å². The third kappa shape index (κ3) is 1.10. The Hall–Kier alpha value is -0.0500. The third-order valence-corrected chi connectivity index (χ3v) is 4.85. The monoisotopic (exact) mass is 174 g/mol. The summed E-state index contributed by atoms with van der Waals surface area (Å²) < 4.78 is 22.1. The Bertz CT molecular complexity index is 248. The van der Waals surface area contributed by atoms with Crippen LogP contribution in [0, 0.1) is 23.7 Å². The Morgan fingerprint density at radius 3 is 2.00 bits per heavy atom. The van der Waals surface area contributed by atoms with Crippen molar-refractivity contribution in [2.24, 2.45) is 23.7 Å². The lowest BCUT2D eigenvalue weighted by atomic mass is 10.1. The maximum absolute atomic E-state index is 11.0. The van der Waals surface area contributed by atoms with E-state index in [1.165, 1.54) is 0 Å². The fraction of sp³-hybridized carbons (Fsp3) is 1.00. The smallest absolute Gasteiger partial charge is 0.150 e. The van der Waals surface area contributed by atoms with Crippen LogP contribution in [0.2, 0.25) is 0 Å². The van der Waals surface area contributed by atoms with E-state index >= 15 is 0 Å². The first-order chi connectivity index (χ1) is 5.01. The maximum Gasteiger partial charge on any atom is 0.150 e. The number of hydrogen-bond acceptors (Lipinski definition) is 2. The first-order valence-corrected chi connectivity index (χ1v) is 6.04. The summed E-state index contributed by atoms with van der Waals surface area (Å²) in [6.07, 6.45) is 0. The van der Waals surface area contributed by atoms with Crippen LogP contribution < -0.4 is 0 Å². The molecule has 0 aromatic carbocycles. The number of rotatable bonds is 1. The normalized spacial score (nSPS) is 45.9. The standard InChI is InChI=1S/C8H14O2S/c1-5(2)8-6-3-11(9,10)4-7(6)8/h5-8H,3-4H2,1-2H3. The molecule has 0 aromatic heterocycles. The van der Waals surface area contributed by atoms with E-state index in [0.29, 0.717) is 29.3 Å². The minimum Gasteiger partial charge on any atom is -0.229 e. The third-order valence-electron chi connectivity index (χ3n) is 3.06. The molecule has 0 amide bonds. The van der Waals surface area contributed by atoms with Crippen LogP contribution in [0.4, 0.5) is 0 Å². The van der Waals surface area contributed by atoms with Gasteiger partial charge in [0.2, 0.25) is 0 Å². The average molecular weight is 174 g/mol. The molecule has 2 rings (SSSR count). The van der Waals surface area contributed by atoms with Gasteiger partial charge in [-0.25, -0.2) is 8.42 Å². The quantitative estimate of drug-likeness (QED) is 0.592. The summed E-state index contributed by atoms with van der Waals surface area (Å²) in [4.78, 5) is 0. The fourth-order valence-electron chi connectivity index (χ4n) is 2.59. The van der Waals surface area contributed by atoms with E-state index in [2.05, 4.69) is 13.8 Å². The van der Waals surface area contributed by atoms with Crippen molar-refractivity contribution in [3.63, 3.8) is 0 Å². The van der Waals surface area contributed by atoms with Crippen molar-refractivity contribution < 1.29 is 8.42 Å². The Morgan fingerprint density at radius 1 is 1.18 bits per heavy atom. The molecule has 11 heavy (non-hydrogen) atoms. The summed E-state index contributed by atoms with van der Waals surface area (Å²) in [6.45, 7) is 4.38. The van der Waals surface area contributed by atoms with Crippen molar-refractivity contribution >= 4 is 9.84 Å². The first-order valence-electron chi connectivity index (χ1n) is 4.22.